The average molecular weight is 372 g/mol. The number of nitrogens with zero attached hydrogens (tertiary/aromatic N) is 1. The summed E-state index contributed by atoms with van der Waals surface area (Å²) >= 11 is 0. The Balaban J connectivity index is 1.59. The molecule has 2 aromatic carbocycles. The summed E-state index contributed by atoms with van der Waals surface area (Å²) in [6.07, 6.45) is 3.90. The van der Waals surface area contributed by atoms with Crippen molar-refractivity contribution in [1.82, 2.24) is 10.2 Å². The van der Waals surface area contributed by atoms with Crippen molar-refractivity contribution in [1.29, 1.82) is 0 Å². The molecule has 28 heavy (non-hydrogen) atoms. The first kappa shape index (κ1) is 17.8. The van der Waals surface area contributed by atoms with Gasteiger partial charge in [0.05, 0.1) is 6.26 Å². The van der Waals surface area contributed by atoms with Crippen LogP contribution in [0.25, 0.3) is 6.08 Å². The molecule has 2 amide bonds. The summed E-state index contributed by atoms with van der Waals surface area (Å²) in [5, 5.41) is 2.76. The molecule has 0 saturated carbocycles. The standard InChI is InChI=1S/C23H20N2O3/c26-22(18-8-2-1-3-9-18)24-21(15-20-11-6-14-28-20)23(27)25-13-12-17-7-4-5-10-19(17)16-25/h1-11,14-15H,12-13,16H2,(H,24,26). The minimum atomic E-state index is -0.329. The lowest BCUT2D eigenvalue weighted by atomic mass is 9.99. The van der Waals surface area contributed by atoms with Gasteiger partial charge in [0.25, 0.3) is 11.8 Å². The number of benzene rings is 2. The van der Waals surface area contributed by atoms with Gasteiger partial charge in [-0.05, 0) is 41.8 Å². The Bertz CT molecular complexity index is 1010. The van der Waals surface area contributed by atoms with Gasteiger partial charge in [-0.25, -0.2) is 0 Å². The molecule has 5 nitrogen and oxygen atoms in total. The molecule has 1 N–H and O–H groups in total. The molecule has 0 unspecified atom stereocenters. The van der Waals surface area contributed by atoms with Crippen molar-refractivity contribution in [2.45, 2.75) is 13.0 Å². The van der Waals surface area contributed by atoms with Crippen molar-refractivity contribution in [2.75, 3.05) is 6.54 Å². The Morgan fingerprint density at radius 3 is 2.43 bits per heavy atom. The van der Waals surface area contributed by atoms with E-state index in [0.29, 0.717) is 24.4 Å². The molecule has 0 fully saturated rings. The van der Waals surface area contributed by atoms with Crippen LogP contribution in [0.1, 0.15) is 27.2 Å². The van der Waals surface area contributed by atoms with Crippen LogP contribution in [0.5, 0.6) is 0 Å². The molecule has 3 aromatic rings. The van der Waals surface area contributed by atoms with Crippen molar-refractivity contribution >= 4 is 17.9 Å². The largest absolute Gasteiger partial charge is 0.465 e. The Hall–Kier alpha value is -3.60. The number of hydrogen-bond donors (Lipinski definition) is 1. The molecule has 4 rings (SSSR count). The van der Waals surface area contributed by atoms with Gasteiger partial charge in [-0.15, -0.1) is 0 Å². The van der Waals surface area contributed by atoms with Crippen molar-refractivity contribution in [3.63, 3.8) is 0 Å². The maximum atomic E-state index is 13.2. The molecule has 0 radical (unpaired) electrons. The first-order chi connectivity index (χ1) is 13.7. The lowest BCUT2D eigenvalue weighted by Crippen LogP contribution is -2.41. The molecule has 5 heteroatoms. The zero-order chi connectivity index (χ0) is 19.3. The second-order valence-corrected chi connectivity index (χ2v) is 6.64. The van der Waals surface area contributed by atoms with Crippen LogP contribution in [-0.2, 0) is 17.8 Å². The van der Waals surface area contributed by atoms with E-state index in [4.69, 9.17) is 4.42 Å². The van der Waals surface area contributed by atoms with Crippen molar-refractivity contribution in [3.05, 3.63) is 101 Å². The number of carbonyl (C=O) groups is 2. The van der Waals surface area contributed by atoms with E-state index < -0.39 is 0 Å². The first-order valence-electron chi connectivity index (χ1n) is 9.18. The molecule has 0 atom stereocenters. The topological polar surface area (TPSA) is 62.6 Å². The highest BCUT2D eigenvalue weighted by Crippen LogP contribution is 2.20. The van der Waals surface area contributed by atoms with E-state index in [9.17, 15) is 9.59 Å². The second-order valence-electron chi connectivity index (χ2n) is 6.64. The zero-order valence-corrected chi connectivity index (χ0v) is 15.3. The highest BCUT2D eigenvalue weighted by atomic mass is 16.3. The molecule has 1 aromatic heterocycles. The molecular formula is C23H20N2O3. The van der Waals surface area contributed by atoms with Crippen molar-refractivity contribution in [3.8, 4) is 0 Å². The van der Waals surface area contributed by atoms with Crippen LogP contribution in [0.2, 0.25) is 0 Å². The molecule has 0 bridgehead atoms. The quantitative estimate of drug-likeness (QED) is 0.712. The summed E-state index contributed by atoms with van der Waals surface area (Å²) in [4.78, 5) is 27.6. The van der Waals surface area contributed by atoms with Gasteiger partial charge in [-0.3, -0.25) is 9.59 Å². The molecule has 2 heterocycles. The van der Waals surface area contributed by atoms with Gasteiger partial charge in [0.15, 0.2) is 0 Å². The zero-order valence-electron chi connectivity index (χ0n) is 15.3. The smallest absolute Gasteiger partial charge is 0.270 e. The minimum Gasteiger partial charge on any atom is -0.465 e. The lowest BCUT2D eigenvalue weighted by Gasteiger charge is -2.29. The third-order valence-corrected chi connectivity index (χ3v) is 4.76. The Labute approximate surface area is 163 Å². The highest BCUT2D eigenvalue weighted by molar-refractivity contribution is 6.05. The normalized spacial score (nSPS) is 13.7. The fourth-order valence-corrected chi connectivity index (χ4v) is 3.29. The second kappa shape index (κ2) is 7.96. The molecule has 1 aliphatic rings. The maximum absolute atomic E-state index is 13.2. The van der Waals surface area contributed by atoms with Gasteiger partial charge in [-0.2, -0.15) is 0 Å². The number of carbonyl (C=O) groups excluding carboxylic acids is 2. The minimum absolute atomic E-state index is 0.197. The van der Waals surface area contributed by atoms with Crippen LogP contribution < -0.4 is 5.32 Å². The van der Waals surface area contributed by atoms with E-state index >= 15 is 0 Å². The molecule has 140 valence electrons. The number of hydrogen-bond acceptors (Lipinski definition) is 3. The lowest BCUT2D eigenvalue weighted by molar-refractivity contribution is -0.128. The van der Waals surface area contributed by atoms with E-state index in [-0.39, 0.29) is 17.5 Å². The van der Waals surface area contributed by atoms with Gasteiger partial charge in [-0.1, -0.05) is 42.5 Å². The Morgan fingerprint density at radius 2 is 1.68 bits per heavy atom. The van der Waals surface area contributed by atoms with Crippen molar-refractivity contribution in [2.24, 2.45) is 0 Å². The first-order valence-corrected chi connectivity index (χ1v) is 9.18. The van der Waals surface area contributed by atoms with Gasteiger partial charge in [0.1, 0.15) is 11.5 Å². The van der Waals surface area contributed by atoms with Crippen LogP contribution in [0, 0.1) is 0 Å². The van der Waals surface area contributed by atoms with Gasteiger partial charge in [0.2, 0.25) is 0 Å². The summed E-state index contributed by atoms with van der Waals surface area (Å²) in [5.74, 6) is -0.0477. The number of furan rings is 1. The number of fused-ring (bicyclic) bond motifs is 1. The van der Waals surface area contributed by atoms with Gasteiger partial charge < -0.3 is 14.6 Å². The van der Waals surface area contributed by atoms with Crippen LogP contribution >= 0.6 is 0 Å². The molecular weight excluding hydrogens is 352 g/mol. The van der Waals surface area contributed by atoms with Crippen LogP contribution in [0.4, 0.5) is 0 Å². The molecule has 1 aliphatic heterocycles. The van der Waals surface area contributed by atoms with E-state index in [2.05, 4.69) is 11.4 Å². The predicted molar refractivity (Wildman–Crippen MR) is 106 cm³/mol. The van der Waals surface area contributed by atoms with Crippen LogP contribution in [0.15, 0.2) is 83.1 Å². The SMILES string of the molecule is O=C(NC(=Cc1ccco1)C(=O)N1CCc2ccccc2C1)c1ccccc1. The maximum Gasteiger partial charge on any atom is 0.270 e. The van der Waals surface area contributed by atoms with E-state index in [1.807, 2.05) is 24.3 Å². The Kier molecular flexibility index (Phi) is 5.06. The monoisotopic (exact) mass is 372 g/mol. The fraction of sp³-hybridized carbons (Fsp3) is 0.130. The Morgan fingerprint density at radius 1 is 0.929 bits per heavy atom. The third-order valence-electron chi connectivity index (χ3n) is 4.76. The summed E-state index contributed by atoms with van der Waals surface area (Å²) in [5.41, 5.74) is 3.08. The third kappa shape index (κ3) is 3.88. The summed E-state index contributed by atoms with van der Waals surface area (Å²) in [6.45, 7) is 1.12. The fourth-order valence-electron chi connectivity index (χ4n) is 3.29. The van der Waals surface area contributed by atoms with Gasteiger partial charge >= 0.3 is 0 Å². The molecule has 0 aliphatic carbocycles. The summed E-state index contributed by atoms with van der Waals surface area (Å²) < 4.78 is 5.35. The summed E-state index contributed by atoms with van der Waals surface area (Å²) in [6, 6.07) is 20.4. The summed E-state index contributed by atoms with van der Waals surface area (Å²) in [7, 11) is 0. The highest BCUT2D eigenvalue weighted by Gasteiger charge is 2.25. The van der Waals surface area contributed by atoms with Crippen LogP contribution in [-0.4, -0.2) is 23.3 Å². The number of nitrogens with one attached hydrogen (secondary N) is 1. The van der Waals surface area contributed by atoms with E-state index in [0.717, 1.165) is 12.0 Å². The van der Waals surface area contributed by atoms with Crippen LogP contribution in [0.3, 0.4) is 0 Å². The van der Waals surface area contributed by atoms with Gasteiger partial charge in [0, 0.05) is 24.7 Å². The average Bonchev–Trinajstić information content (AvgIpc) is 3.26. The predicted octanol–water partition coefficient (Wildman–Crippen LogP) is 3.64. The number of rotatable bonds is 4. The van der Waals surface area contributed by atoms with E-state index in [1.54, 1.807) is 47.4 Å². The molecule has 0 spiro atoms. The number of amides is 2. The molecule has 0 saturated heterocycles. The van der Waals surface area contributed by atoms with Crippen molar-refractivity contribution < 1.29 is 14.0 Å². The van der Waals surface area contributed by atoms with E-state index in [1.165, 1.54) is 11.8 Å².